The fraction of sp³-hybridized carbons (Fsp3) is 0.273. The van der Waals surface area contributed by atoms with Gasteiger partial charge in [-0.25, -0.2) is 0 Å². The summed E-state index contributed by atoms with van der Waals surface area (Å²) in [5.74, 6) is 0. The molecule has 0 aliphatic heterocycles. The van der Waals surface area contributed by atoms with Gasteiger partial charge in [0.1, 0.15) is 0 Å². The first kappa shape index (κ1) is 7.81. The van der Waals surface area contributed by atoms with Crippen molar-refractivity contribution in [1.82, 2.24) is 0 Å². The van der Waals surface area contributed by atoms with Crippen LogP contribution < -0.4 is 0 Å². The fourth-order valence-electron chi connectivity index (χ4n) is 1.64. The minimum atomic E-state index is 1.10. The summed E-state index contributed by atoms with van der Waals surface area (Å²) >= 11 is 1.91. The van der Waals surface area contributed by atoms with Crippen molar-refractivity contribution < 1.29 is 0 Å². The van der Waals surface area contributed by atoms with Crippen LogP contribution in [0.3, 0.4) is 0 Å². The lowest BCUT2D eigenvalue weighted by atomic mass is 10.1. The molecule has 12 heavy (non-hydrogen) atoms. The van der Waals surface area contributed by atoms with E-state index in [-0.39, 0.29) is 0 Å². The van der Waals surface area contributed by atoms with Crippen molar-refractivity contribution in [1.29, 1.82) is 0 Å². The maximum absolute atomic E-state index is 2.22. The molecule has 0 saturated heterocycles. The zero-order chi connectivity index (χ0) is 8.55. The van der Waals surface area contributed by atoms with Crippen molar-refractivity contribution in [3.8, 4) is 0 Å². The second-order valence-corrected chi connectivity index (χ2v) is 4.53. The smallest absolute Gasteiger partial charge is 0.00923 e. The summed E-state index contributed by atoms with van der Waals surface area (Å²) in [5, 5.41) is 0. The van der Waals surface area contributed by atoms with Gasteiger partial charge in [-0.3, -0.25) is 0 Å². The van der Waals surface area contributed by atoms with Crippen LogP contribution >= 0.6 is 11.3 Å². The lowest BCUT2D eigenvalue weighted by Gasteiger charge is -1.96. The van der Waals surface area contributed by atoms with Gasteiger partial charge in [-0.15, -0.1) is 11.3 Å². The lowest BCUT2D eigenvalue weighted by Crippen LogP contribution is -1.83. The molecule has 1 aromatic rings. The number of hydrogen-bond acceptors (Lipinski definition) is 1. The first-order chi connectivity index (χ1) is 5.79. The summed E-state index contributed by atoms with van der Waals surface area (Å²) in [5.41, 5.74) is 2.96. The van der Waals surface area contributed by atoms with Crippen molar-refractivity contribution in [2.24, 2.45) is 0 Å². The van der Waals surface area contributed by atoms with Crippen LogP contribution in [0.5, 0.6) is 0 Å². The van der Waals surface area contributed by atoms with E-state index in [4.69, 9.17) is 0 Å². The Morgan fingerprint density at radius 2 is 2.00 bits per heavy atom. The van der Waals surface area contributed by atoms with Crippen LogP contribution in [0.1, 0.15) is 20.9 Å². The molecule has 0 spiro atoms. The van der Waals surface area contributed by atoms with Crippen LogP contribution in [0.2, 0.25) is 0 Å². The summed E-state index contributed by atoms with van der Waals surface area (Å²) in [6.45, 7) is 4.41. The molecule has 2 rings (SSSR count). The number of fused-ring (bicyclic) bond motifs is 1. The van der Waals surface area contributed by atoms with Crippen molar-refractivity contribution >= 4 is 17.4 Å². The molecule has 0 radical (unpaired) electrons. The standard InChI is InChI=1S/C11H12S/c1-8-10-6-4-3-5-7-11(10)9(2)12-8/h3-6H,7H2,1-2H3. The van der Waals surface area contributed by atoms with E-state index in [9.17, 15) is 0 Å². The molecule has 0 nitrogen and oxygen atoms in total. The van der Waals surface area contributed by atoms with Gasteiger partial charge in [0.15, 0.2) is 0 Å². The highest BCUT2D eigenvalue weighted by atomic mass is 32.1. The Morgan fingerprint density at radius 1 is 1.17 bits per heavy atom. The first-order valence-corrected chi connectivity index (χ1v) is 5.03. The van der Waals surface area contributed by atoms with Gasteiger partial charge in [0.2, 0.25) is 0 Å². The van der Waals surface area contributed by atoms with Gasteiger partial charge in [0.05, 0.1) is 0 Å². The van der Waals surface area contributed by atoms with E-state index in [1.54, 1.807) is 0 Å². The minimum Gasteiger partial charge on any atom is -0.145 e. The molecule has 1 heterocycles. The summed E-state index contributed by atoms with van der Waals surface area (Å²) in [7, 11) is 0. The van der Waals surface area contributed by atoms with E-state index in [2.05, 4.69) is 38.2 Å². The topological polar surface area (TPSA) is 0 Å². The highest BCUT2D eigenvalue weighted by Crippen LogP contribution is 2.30. The highest BCUT2D eigenvalue weighted by Gasteiger charge is 2.09. The Labute approximate surface area is 77.2 Å². The molecule has 0 fully saturated rings. The summed E-state index contributed by atoms with van der Waals surface area (Å²) in [6, 6.07) is 0. The van der Waals surface area contributed by atoms with Crippen molar-refractivity contribution in [2.75, 3.05) is 0 Å². The van der Waals surface area contributed by atoms with E-state index in [1.807, 2.05) is 11.3 Å². The van der Waals surface area contributed by atoms with Crippen LogP contribution in [0, 0.1) is 13.8 Å². The molecule has 1 aliphatic rings. The van der Waals surface area contributed by atoms with Crippen LogP contribution in [-0.2, 0) is 6.42 Å². The van der Waals surface area contributed by atoms with Gasteiger partial charge in [0, 0.05) is 9.75 Å². The first-order valence-electron chi connectivity index (χ1n) is 4.21. The highest BCUT2D eigenvalue weighted by molar-refractivity contribution is 7.12. The molecular formula is C11H12S. The molecule has 0 bridgehead atoms. The molecule has 62 valence electrons. The Kier molecular flexibility index (Phi) is 1.89. The number of rotatable bonds is 0. The Balaban J connectivity index is 2.61. The average Bonchev–Trinajstić information content (AvgIpc) is 2.29. The molecular weight excluding hydrogens is 164 g/mol. The third-order valence-corrected chi connectivity index (χ3v) is 3.35. The summed E-state index contributed by atoms with van der Waals surface area (Å²) < 4.78 is 0. The monoisotopic (exact) mass is 176 g/mol. The number of aryl methyl sites for hydroxylation is 2. The van der Waals surface area contributed by atoms with Crippen LogP contribution in [0.15, 0.2) is 18.2 Å². The molecule has 0 unspecified atom stereocenters. The number of hydrogen-bond donors (Lipinski definition) is 0. The van der Waals surface area contributed by atoms with Gasteiger partial charge in [0.25, 0.3) is 0 Å². The van der Waals surface area contributed by atoms with E-state index < -0.39 is 0 Å². The number of allylic oxidation sites excluding steroid dienone is 3. The molecule has 1 aliphatic carbocycles. The van der Waals surface area contributed by atoms with Crippen LogP contribution in [-0.4, -0.2) is 0 Å². The van der Waals surface area contributed by atoms with Crippen molar-refractivity contribution in [3.63, 3.8) is 0 Å². The Hall–Kier alpha value is -0.820. The third kappa shape index (κ3) is 1.14. The van der Waals surface area contributed by atoms with E-state index >= 15 is 0 Å². The third-order valence-electron chi connectivity index (χ3n) is 2.27. The van der Waals surface area contributed by atoms with Crippen molar-refractivity contribution in [3.05, 3.63) is 39.1 Å². The molecule has 0 aromatic carbocycles. The van der Waals surface area contributed by atoms with Crippen LogP contribution in [0.4, 0.5) is 0 Å². The Bertz CT molecular complexity index is 353. The molecule has 0 N–H and O–H groups in total. The van der Waals surface area contributed by atoms with Gasteiger partial charge >= 0.3 is 0 Å². The predicted octanol–water partition coefficient (Wildman–Crippen LogP) is 3.49. The van der Waals surface area contributed by atoms with Gasteiger partial charge in [-0.1, -0.05) is 24.3 Å². The zero-order valence-corrected chi connectivity index (χ0v) is 8.24. The largest absolute Gasteiger partial charge is 0.145 e. The maximum Gasteiger partial charge on any atom is 0.00923 e. The van der Waals surface area contributed by atoms with Gasteiger partial charge in [-0.2, -0.15) is 0 Å². The molecule has 0 amide bonds. The van der Waals surface area contributed by atoms with E-state index in [0.29, 0.717) is 0 Å². The Morgan fingerprint density at radius 3 is 2.83 bits per heavy atom. The molecule has 0 saturated carbocycles. The van der Waals surface area contributed by atoms with Gasteiger partial charge in [-0.05, 0) is 31.4 Å². The normalized spacial score (nSPS) is 14.5. The second-order valence-electron chi connectivity index (χ2n) is 3.10. The summed E-state index contributed by atoms with van der Waals surface area (Å²) in [6.07, 6.45) is 9.80. The number of thiophene rings is 1. The van der Waals surface area contributed by atoms with E-state index in [1.165, 1.54) is 20.9 Å². The zero-order valence-electron chi connectivity index (χ0n) is 7.42. The minimum absolute atomic E-state index is 1.10. The predicted molar refractivity (Wildman–Crippen MR) is 55.7 cm³/mol. The van der Waals surface area contributed by atoms with Crippen LogP contribution in [0.25, 0.3) is 6.08 Å². The van der Waals surface area contributed by atoms with Gasteiger partial charge < -0.3 is 0 Å². The molecule has 0 atom stereocenters. The average molecular weight is 176 g/mol. The SMILES string of the molecule is Cc1sc(C)c2c1C=CC=CC2. The quantitative estimate of drug-likeness (QED) is 0.567. The summed E-state index contributed by atoms with van der Waals surface area (Å²) in [4.78, 5) is 2.92. The molecule has 1 heteroatoms. The molecule has 1 aromatic heterocycles. The second kappa shape index (κ2) is 2.91. The van der Waals surface area contributed by atoms with Crippen molar-refractivity contribution in [2.45, 2.75) is 20.3 Å². The maximum atomic E-state index is 2.22. The van der Waals surface area contributed by atoms with E-state index in [0.717, 1.165) is 6.42 Å². The fourth-order valence-corrected chi connectivity index (χ4v) is 2.71. The lowest BCUT2D eigenvalue weighted by molar-refractivity contribution is 1.25.